The van der Waals surface area contributed by atoms with Crippen LogP contribution in [0.5, 0.6) is 0 Å². The van der Waals surface area contributed by atoms with E-state index in [4.69, 9.17) is 10.5 Å². The van der Waals surface area contributed by atoms with Crippen molar-refractivity contribution in [2.24, 2.45) is 5.73 Å². The Bertz CT molecular complexity index is 235. The summed E-state index contributed by atoms with van der Waals surface area (Å²) in [7, 11) is 1.61. The van der Waals surface area contributed by atoms with Crippen LogP contribution in [0.2, 0.25) is 0 Å². The number of methoxy groups -OCH3 is 1. The van der Waals surface area contributed by atoms with Crippen LogP contribution in [0, 0.1) is 0 Å². The first-order valence-electron chi connectivity index (χ1n) is 5.48. The number of ether oxygens (including phenoxy) is 1. The van der Waals surface area contributed by atoms with Gasteiger partial charge in [0.15, 0.2) is 0 Å². The average molecular weight is 214 g/mol. The molecule has 15 heavy (non-hydrogen) atoms. The van der Waals surface area contributed by atoms with Gasteiger partial charge in [0.25, 0.3) is 0 Å². The topological polar surface area (TPSA) is 64.3 Å². The average Bonchev–Trinajstić information content (AvgIpc) is 2.11. The van der Waals surface area contributed by atoms with Crippen LogP contribution in [0.3, 0.4) is 0 Å². The molecule has 1 rings (SSSR count). The number of hydrogen-bond donors (Lipinski definition) is 2. The molecular formula is C11H22N2O2. The van der Waals surface area contributed by atoms with Gasteiger partial charge < -0.3 is 15.8 Å². The minimum absolute atomic E-state index is 0.0126. The maximum atomic E-state index is 11.6. The van der Waals surface area contributed by atoms with E-state index in [0.717, 1.165) is 12.8 Å². The van der Waals surface area contributed by atoms with Crippen LogP contribution in [-0.4, -0.2) is 30.7 Å². The van der Waals surface area contributed by atoms with Crippen LogP contribution >= 0.6 is 0 Å². The predicted octanol–water partition coefficient (Wildman–Crippen LogP) is 0.799. The first-order valence-corrected chi connectivity index (χ1v) is 5.48. The Hall–Kier alpha value is -0.610. The van der Waals surface area contributed by atoms with Gasteiger partial charge in [-0.15, -0.1) is 0 Å². The van der Waals surface area contributed by atoms with Crippen molar-refractivity contribution in [1.82, 2.24) is 5.32 Å². The van der Waals surface area contributed by atoms with Gasteiger partial charge in [0.05, 0.1) is 12.0 Å². The Morgan fingerprint density at radius 3 is 2.53 bits per heavy atom. The summed E-state index contributed by atoms with van der Waals surface area (Å²) in [6.07, 6.45) is 3.58. The molecule has 1 saturated carbocycles. The summed E-state index contributed by atoms with van der Waals surface area (Å²) in [4.78, 5) is 11.6. The maximum absolute atomic E-state index is 11.6. The molecule has 0 heterocycles. The highest BCUT2D eigenvalue weighted by atomic mass is 16.5. The maximum Gasteiger partial charge on any atom is 0.222 e. The number of hydrogen-bond acceptors (Lipinski definition) is 3. The second-order valence-corrected chi connectivity index (χ2v) is 5.13. The van der Waals surface area contributed by atoms with Crippen LogP contribution in [-0.2, 0) is 9.53 Å². The van der Waals surface area contributed by atoms with Gasteiger partial charge in [-0.3, -0.25) is 4.79 Å². The van der Waals surface area contributed by atoms with Crippen molar-refractivity contribution in [1.29, 1.82) is 0 Å². The van der Waals surface area contributed by atoms with Crippen molar-refractivity contribution in [3.05, 3.63) is 0 Å². The number of carbonyl (C=O) groups excluding carboxylic acids is 1. The van der Waals surface area contributed by atoms with Crippen molar-refractivity contribution in [2.75, 3.05) is 13.7 Å². The molecule has 4 heteroatoms. The Morgan fingerprint density at radius 2 is 2.13 bits per heavy atom. The number of nitrogens with one attached hydrogen (secondary N) is 1. The first-order chi connectivity index (χ1) is 6.87. The minimum atomic E-state index is -0.397. The molecule has 0 saturated heterocycles. The Balaban J connectivity index is 2.24. The summed E-state index contributed by atoms with van der Waals surface area (Å²) in [6, 6.07) is 0. The van der Waals surface area contributed by atoms with Crippen LogP contribution in [0.4, 0.5) is 0 Å². The summed E-state index contributed by atoms with van der Waals surface area (Å²) >= 11 is 0. The lowest BCUT2D eigenvalue weighted by atomic mass is 9.78. The van der Waals surface area contributed by atoms with Gasteiger partial charge >= 0.3 is 0 Å². The van der Waals surface area contributed by atoms with E-state index in [1.807, 2.05) is 13.8 Å². The lowest BCUT2D eigenvalue weighted by molar-refractivity contribution is -0.126. The third kappa shape index (κ3) is 3.80. The monoisotopic (exact) mass is 214 g/mol. The van der Waals surface area contributed by atoms with E-state index in [-0.39, 0.29) is 11.4 Å². The van der Waals surface area contributed by atoms with Crippen molar-refractivity contribution in [2.45, 2.75) is 50.7 Å². The third-order valence-electron chi connectivity index (χ3n) is 3.13. The molecule has 0 unspecified atom stereocenters. The second-order valence-electron chi connectivity index (χ2n) is 5.13. The van der Waals surface area contributed by atoms with Crippen molar-refractivity contribution in [3.63, 3.8) is 0 Å². The van der Waals surface area contributed by atoms with E-state index in [0.29, 0.717) is 13.0 Å². The van der Waals surface area contributed by atoms with Gasteiger partial charge in [-0.1, -0.05) is 0 Å². The fraction of sp³-hybridized carbons (Fsp3) is 0.909. The molecule has 1 amide bonds. The van der Waals surface area contributed by atoms with Crippen LogP contribution in [0.1, 0.15) is 39.5 Å². The molecule has 0 spiro atoms. The molecule has 0 atom stereocenters. The Kier molecular flexibility index (Phi) is 3.73. The van der Waals surface area contributed by atoms with Gasteiger partial charge in [0.1, 0.15) is 0 Å². The molecule has 3 N–H and O–H groups in total. The minimum Gasteiger partial charge on any atom is -0.378 e. The summed E-state index contributed by atoms with van der Waals surface area (Å²) in [5.41, 5.74) is 5.46. The number of rotatable bonds is 5. The SMILES string of the molecule is COC(C)(C)CC(=O)NCC1(N)CCC1. The van der Waals surface area contributed by atoms with Crippen molar-refractivity contribution < 1.29 is 9.53 Å². The molecule has 0 aliphatic heterocycles. The van der Waals surface area contributed by atoms with Crippen molar-refractivity contribution >= 4 is 5.91 Å². The van der Waals surface area contributed by atoms with Gasteiger partial charge in [0, 0.05) is 19.2 Å². The van der Waals surface area contributed by atoms with Crippen LogP contribution < -0.4 is 11.1 Å². The summed E-state index contributed by atoms with van der Waals surface area (Å²) in [5, 5.41) is 2.87. The van der Waals surface area contributed by atoms with Gasteiger partial charge in [-0.25, -0.2) is 0 Å². The van der Waals surface area contributed by atoms with E-state index >= 15 is 0 Å². The molecule has 0 aromatic carbocycles. The third-order valence-corrected chi connectivity index (χ3v) is 3.13. The fourth-order valence-electron chi connectivity index (χ4n) is 1.60. The highest BCUT2D eigenvalue weighted by Gasteiger charge is 2.33. The van der Waals surface area contributed by atoms with Gasteiger partial charge in [-0.05, 0) is 33.1 Å². The van der Waals surface area contributed by atoms with Gasteiger partial charge in [0.2, 0.25) is 5.91 Å². The number of carbonyl (C=O) groups is 1. The van der Waals surface area contributed by atoms with E-state index < -0.39 is 5.60 Å². The zero-order valence-corrected chi connectivity index (χ0v) is 9.93. The normalized spacial score (nSPS) is 19.5. The lowest BCUT2D eigenvalue weighted by Crippen LogP contribution is -2.55. The van der Waals surface area contributed by atoms with Crippen LogP contribution in [0.25, 0.3) is 0 Å². The molecule has 1 fully saturated rings. The molecule has 4 nitrogen and oxygen atoms in total. The first kappa shape index (κ1) is 12.5. The molecule has 88 valence electrons. The molecule has 1 aliphatic rings. The van der Waals surface area contributed by atoms with Gasteiger partial charge in [-0.2, -0.15) is 0 Å². The van der Waals surface area contributed by atoms with E-state index in [2.05, 4.69) is 5.32 Å². The Labute approximate surface area is 91.5 Å². The zero-order chi connectivity index (χ0) is 11.5. The smallest absolute Gasteiger partial charge is 0.222 e. The van der Waals surface area contributed by atoms with Crippen molar-refractivity contribution in [3.8, 4) is 0 Å². The van der Waals surface area contributed by atoms with E-state index in [9.17, 15) is 4.79 Å². The lowest BCUT2D eigenvalue weighted by Gasteiger charge is -2.38. The van der Waals surface area contributed by atoms with E-state index in [1.54, 1.807) is 7.11 Å². The number of amides is 1. The molecule has 0 aromatic heterocycles. The molecule has 0 radical (unpaired) electrons. The predicted molar refractivity (Wildman–Crippen MR) is 59.5 cm³/mol. The highest BCUT2D eigenvalue weighted by Crippen LogP contribution is 2.28. The molecule has 0 bridgehead atoms. The quantitative estimate of drug-likeness (QED) is 0.711. The largest absolute Gasteiger partial charge is 0.378 e. The standard InChI is InChI=1S/C11H22N2O2/c1-10(2,15-3)7-9(14)13-8-11(12)5-4-6-11/h4-8,12H2,1-3H3,(H,13,14). The number of nitrogens with two attached hydrogens (primary N) is 1. The molecule has 1 aliphatic carbocycles. The second kappa shape index (κ2) is 4.49. The summed E-state index contributed by atoms with van der Waals surface area (Å²) in [6.45, 7) is 4.38. The summed E-state index contributed by atoms with van der Waals surface area (Å²) in [5.74, 6) is 0.0126. The Morgan fingerprint density at radius 1 is 1.53 bits per heavy atom. The molecular weight excluding hydrogens is 192 g/mol. The summed E-state index contributed by atoms with van der Waals surface area (Å²) < 4.78 is 5.19. The fourth-order valence-corrected chi connectivity index (χ4v) is 1.60. The highest BCUT2D eigenvalue weighted by molar-refractivity contribution is 5.77. The molecule has 0 aromatic rings. The van der Waals surface area contributed by atoms with E-state index in [1.165, 1.54) is 6.42 Å². The van der Waals surface area contributed by atoms with Crippen LogP contribution in [0.15, 0.2) is 0 Å². The zero-order valence-electron chi connectivity index (χ0n) is 9.93.